The van der Waals surface area contributed by atoms with Crippen molar-refractivity contribution < 1.29 is 13.2 Å². The number of methoxy groups -OCH3 is 1. The van der Waals surface area contributed by atoms with Crippen LogP contribution in [0.15, 0.2) is 0 Å². The van der Waals surface area contributed by atoms with Crippen LogP contribution < -0.4 is 15.2 Å². The first kappa shape index (κ1) is 12.8. The molecule has 1 atom stereocenters. The van der Waals surface area contributed by atoms with E-state index in [4.69, 9.17) is 10.5 Å². The van der Waals surface area contributed by atoms with Crippen molar-refractivity contribution in [3.8, 4) is 0 Å². The van der Waals surface area contributed by atoms with Crippen molar-refractivity contribution in [1.82, 2.24) is 9.44 Å². The highest BCUT2D eigenvalue weighted by atomic mass is 32.2. The minimum Gasteiger partial charge on any atom is -0.383 e. The molecule has 0 aliphatic carbocycles. The lowest BCUT2D eigenvalue weighted by Gasteiger charge is -2.16. The Labute approximate surface area is 79.0 Å². The normalized spacial score (nSPS) is 14.4. The van der Waals surface area contributed by atoms with Crippen LogP contribution in [0.2, 0.25) is 0 Å². The fraction of sp³-hybridized carbons (Fsp3) is 1.00. The van der Waals surface area contributed by atoms with Crippen LogP contribution in [-0.2, 0) is 14.9 Å². The molecule has 0 saturated heterocycles. The zero-order valence-electron chi connectivity index (χ0n) is 7.91. The minimum atomic E-state index is -3.40. The van der Waals surface area contributed by atoms with Crippen LogP contribution in [0.4, 0.5) is 0 Å². The maximum absolute atomic E-state index is 11.0. The summed E-state index contributed by atoms with van der Waals surface area (Å²) in [5, 5.41) is 0. The highest BCUT2D eigenvalue weighted by molar-refractivity contribution is 7.87. The van der Waals surface area contributed by atoms with E-state index in [1.165, 1.54) is 14.2 Å². The van der Waals surface area contributed by atoms with E-state index in [1.807, 2.05) is 0 Å². The molecule has 0 spiro atoms. The molecule has 80 valence electrons. The third-order valence-corrected chi connectivity index (χ3v) is 2.65. The summed E-state index contributed by atoms with van der Waals surface area (Å²) in [4.78, 5) is 0. The van der Waals surface area contributed by atoms with E-state index < -0.39 is 10.2 Å². The molecule has 0 fully saturated rings. The molecule has 0 amide bonds. The Balaban J connectivity index is 4.08. The molecule has 0 rings (SSSR count). The lowest BCUT2D eigenvalue weighted by Crippen LogP contribution is -2.44. The number of hydrogen-bond donors (Lipinski definition) is 3. The Kier molecular flexibility index (Phi) is 6.17. The van der Waals surface area contributed by atoms with E-state index in [1.54, 1.807) is 0 Å². The molecule has 0 aliphatic heterocycles. The van der Waals surface area contributed by atoms with Crippen LogP contribution in [0.1, 0.15) is 6.42 Å². The van der Waals surface area contributed by atoms with Gasteiger partial charge in [-0.1, -0.05) is 0 Å². The molecule has 0 bridgehead atoms. The number of ether oxygens (including phenoxy) is 1. The molecule has 0 aromatic heterocycles. The van der Waals surface area contributed by atoms with Crippen LogP contribution in [0.25, 0.3) is 0 Å². The topological polar surface area (TPSA) is 93.5 Å². The average Bonchev–Trinajstić information content (AvgIpc) is 2.05. The fourth-order valence-corrected chi connectivity index (χ4v) is 1.60. The van der Waals surface area contributed by atoms with Crippen molar-refractivity contribution in [3.63, 3.8) is 0 Å². The van der Waals surface area contributed by atoms with Gasteiger partial charge in [-0.3, -0.25) is 0 Å². The minimum absolute atomic E-state index is 0.271. The molecular weight excluding hydrogens is 194 g/mol. The van der Waals surface area contributed by atoms with Gasteiger partial charge in [0, 0.05) is 20.2 Å². The van der Waals surface area contributed by atoms with Crippen LogP contribution in [0, 0.1) is 0 Å². The number of hydrogen-bond acceptors (Lipinski definition) is 4. The molecule has 7 heteroatoms. The summed E-state index contributed by atoms with van der Waals surface area (Å²) in [5.74, 6) is 0. The summed E-state index contributed by atoms with van der Waals surface area (Å²) < 4.78 is 31.5. The second-order valence-corrected chi connectivity index (χ2v) is 4.21. The Hall–Kier alpha value is -0.210. The summed E-state index contributed by atoms with van der Waals surface area (Å²) in [6.45, 7) is 0.734. The monoisotopic (exact) mass is 211 g/mol. The van der Waals surface area contributed by atoms with E-state index in [-0.39, 0.29) is 6.04 Å². The molecule has 0 radical (unpaired) electrons. The second-order valence-electron chi connectivity index (χ2n) is 2.56. The first-order valence-electron chi connectivity index (χ1n) is 3.95. The molecule has 4 N–H and O–H groups in total. The number of nitrogens with one attached hydrogen (secondary N) is 2. The van der Waals surface area contributed by atoms with E-state index >= 15 is 0 Å². The summed E-state index contributed by atoms with van der Waals surface area (Å²) in [7, 11) is -0.546. The predicted octanol–water partition coefficient (Wildman–Crippen LogP) is -1.60. The summed E-state index contributed by atoms with van der Waals surface area (Å²) in [6.07, 6.45) is 0.550. The molecule has 0 aromatic rings. The van der Waals surface area contributed by atoms with Crippen LogP contribution in [0.3, 0.4) is 0 Å². The van der Waals surface area contributed by atoms with Crippen molar-refractivity contribution in [2.75, 3.05) is 27.3 Å². The van der Waals surface area contributed by atoms with Crippen LogP contribution in [-0.4, -0.2) is 41.8 Å². The summed E-state index contributed by atoms with van der Waals surface area (Å²) >= 11 is 0. The largest absolute Gasteiger partial charge is 0.383 e. The van der Waals surface area contributed by atoms with Gasteiger partial charge in [-0.2, -0.15) is 13.1 Å². The van der Waals surface area contributed by atoms with Crippen molar-refractivity contribution in [2.45, 2.75) is 12.5 Å². The SMILES string of the molecule is CNS(=O)(=O)NC(CCN)COC. The lowest BCUT2D eigenvalue weighted by atomic mass is 10.2. The quantitative estimate of drug-likeness (QED) is 0.473. The van der Waals surface area contributed by atoms with Gasteiger partial charge in [0.25, 0.3) is 10.2 Å². The molecule has 1 unspecified atom stereocenters. The Morgan fingerprint density at radius 3 is 2.54 bits per heavy atom. The molecule has 0 aromatic carbocycles. The van der Waals surface area contributed by atoms with Gasteiger partial charge in [0.05, 0.1) is 6.61 Å². The fourth-order valence-electron chi connectivity index (χ4n) is 0.857. The van der Waals surface area contributed by atoms with Crippen molar-refractivity contribution >= 4 is 10.2 Å². The molecular formula is C6H17N3O3S. The third-order valence-electron chi connectivity index (χ3n) is 1.47. The number of rotatable bonds is 7. The maximum Gasteiger partial charge on any atom is 0.276 e. The zero-order chi connectivity index (χ0) is 10.3. The Morgan fingerprint density at radius 2 is 2.15 bits per heavy atom. The van der Waals surface area contributed by atoms with E-state index in [0.29, 0.717) is 19.6 Å². The van der Waals surface area contributed by atoms with Crippen LogP contribution >= 0.6 is 0 Å². The van der Waals surface area contributed by atoms with Gasteiger partial charge in [-0.05, 0) is 13.0 Å². The van der Waals surface area contributed by atoms with Crippen molar-refractivity contribution in [3.05, 3.63) is 0 Å². The van der Waals surface area contributed by atoms with E-state index in [2.05, 4.69) is 9.44 Å². The Bertz CT molecular complexity index is 211. The van der Waals surface area contributed by atoms with Gasteiger partial charge >= 0.3 is 0 Å². The first-order chi connectivity index (χ1) is 6.05. The highest BCUT2D eigenvalue weighted by Crippen LogP contribution is 1.92. The summed E-state index contributed by atoms with van der Waals surface area (Å²) in [5.41, 5.74) is 5.31. The van der Waals surface area contributed by atoms with Gasteiger partial charge in [0.2, 0.25) is 0 Å². The highest BCUT2D eigenvalue weighted by Gasteiger charge is 2.14. The van der Waals surface area contributed by atoms with Crippen molar-refractivity contribution in [2.24, 2.45) is 5.73 Å². The van der Waals surface area contributed by atoms with Crippen LogP contribution in [0.5, 0.6) is 0 Å². The molecule has 0 aliphatic rings. The maximum atomic E-state index is 11.0. The van der Waals surface area contributed by atoms with E-state index in [0.717, 1.165) is 0 Å². The van der Waals surface area contributed by atoms with Gasteiger partial charge in [-0.25, -0.2) is 4.72 Å². The van der Waals surface area contributed by atoms with Gasteiger partial charge in [-0.15, -0.1) is 0 Å². The molecule has 6 nitrogen and oxygen atoms in total. The molecule has 13 heavy (non-hydrogen) atoms. The third kappa shape index (κ3) is 5.94. The summed E-state index contributed by atoms with van der Waals surface area (Å²) in [6, 6.07) is -0.271. The standard InChI is InChI=1S/C6H17N3O3S/c1-8-13(10,11)9-6(3-4-7)5-12-2/h6,8-9H,3-5,7H2,1-2H3. The van der Waals surface area contributed by atoms with E-state index in [9.17, 15) is 8.42 Å². The van der Waals surface area contributed by atoms with Gasteiger partial charge in [0.1, 0.15) is 0 Å². The van der Waals surface area contributed by atoms with Gasteiger partial charge < -0.3 is 10.5 Å². The first-order valence-corrected chi connectivity index (χ1v) is 5.44. The Morgan fingerprint density at radius 1 is 1.54 bits per heavy atom. The smallest absolute Gasteiger partial charge is 0.276 e. The predicted molar refractivity (Wildman–Crippen MR) is 50.5 cm³/mol. The van der Waals surface area contributed by atoms with Gasteiger partial charge in [0.15, 0.2) is 0 Å². The average molecular weight is 211 g/mol. The zero-order valence-corrected chi connectivity index (χ0v) is 8.73. The molecule has 0 saturated carbocycles. The number of nitrogens with two attached hydrogens (primary N) is 1. The molecule has 0 heterocycles. The van der Waals surface area contributed by atoms with Crippen molar-refractivity contribution in [1.29, 1.82) is 0 Å². The second kappa shape index (κ2) is 6.28. The lowest BCUT2D eigenvalue weighted by molar-refractivity contribution is 0.172.